The Kier molecular flexibility index (Phi) is 10.5. The molecule has 1 atom stereocenters. The molecule has 0 N–H and O–H groups in total. The monoisotopic (exact) mass is 577 g/mol. The number of hydrogen-bond acceptors (Lipinski definition) is 7. The minimum atomic E-state index is -3.71. The summed E-state index contributed by atoms with van der Waals surface area (Å²) in [5, 5.41) is 0. The molecule has 3 heterocycles. The standard InChI is InChI=1S/C30H51N5O4S/c1-23-20-28(39-6)21-24(2)30(23)40(37,38)32(5)15-13-29(36)35-14-7-8-27(22-35)34-18-11-26(12-19-34)33-16-9-25(10-17-33)31(3)4/h20-21,25-27H,7-19,22H2,1-6H3. The lowest BCUT2D eigenvalue weighted by Gasteiger charge is -2.46. The number of likely N-dealkylation sites (tertiary alicyclic amines) is 3. The summed E-state index contributed by atoms with van der Waals surface area (Å²) in [5.74, 6) is 0.689. The maximum Gasteiger partial charge on any atom is 0.243 e. The van der Waals surface area contributed by atoms with Crippen LogP contribution in [0.2, 0.25) is 0 Å². The lowest BCUT2D eigenvalue weighted by atomic mass is 9.95. The van der Waals surface area contributed by atoms with E-state index in [0.717, 1.165) is 45.1 Å². The van der Waals surface area contributed by atoms with Crippen LogP contribution < -0.4 is 4.74 Å². The summed E-state index contributed by atoms with van der Waals surface area (Å²) in [6.45, 7) is 9.88. The topological polar surface area (TPSA) is 76.6 Å². The number of methoxy groups -OCH3 is 1. The van der Waals surface area contributed by atoms with E-state index in [4.69, 9.17) is 4.74 Å². The molecule has 3 aliphatic rings. The third-order valence-corrected chi connectivity index (χ3v) is 11.7. The van der Waals surface area contributed by atoms with Crippen molar-refractivity contribution < 1.29 is 17.9 Å². The number of ether oxygens (including phenoxy) is 1. The van der Waals surface area contributed by atoms with Crippen LogP contribution in [0.4, 0.5) is 0 Å². The van der Waals surface area contributed by atoms with Crippen LogP contribution in [0.5, 0.6) is 5.75 Å². The van der Waals surface area contributed by atoms with Crippen LogP contribution in [-0.2, 0) is 14.8 Å². The molecule has 0 aromatic heterocycles. The summed E-state index contributed by atoms with van der Waals surface area (Å²) in [4.78, 5) is 23.2. The molecule has 0 radical (unpaired) electrons. The van der Waals surface area contributed by atoms with Gasteiger partial charge in [-0.05, 0) is 116 Å². The predicted molar refractivity (Wildman–Crippen MR) is 159 cm³/mol. The zero-order valence-corrected chi connectivity index (χ0v) is 26.4. The molecule has 3 aliphatic heterocycles. The normalized spacial score (nSPS) is 22.8. The molecule has 3 saturated heterocycles. The molecule has 1 aromatic carbocycles. The first-order chi connectivity index (χ1) is 19.0. The van der Waals surface area contributed by atoms with Crippen LogP contribution in [0.1, 0.15) is 56.1 Å². The number of hydrogen-bond donors (Lipinski definition) is 0. The summed E-state index contributed by atoms with van der Waals surface area (Å²) in [6.07, 6.45) is 7.29. The third-order valence-electron chi connectivity index (χ3n) is 9.49. The second kappa shape index (κ2) is 13.5. The predicted octanol–water partition coefficient (Wildman–Crippen LogP) is 2.80. The molecule has 10 heteroatoms. The SMILES string of the molecule is COc1cc(C)c(S(=O)(=O)N(C)CCC(=O)N2CCCC(N3CCC(N4CCC(N(C)C)CC4)CC3)C2)c(C)c1. The van der Waals surface area contributed by atoms with Crippen molar-refractivity contribution in [3.05, 3.63) is 23.3 Å². The molecule has 0 bridgehead atoms. The number of amides is 1. The van der Waals surface area contributed by atoms with Gasteiger partial charge in [0.1, 0.15) is 5.75 Å². The molecule has 0 spiro atoms. The Balaban J connectivity index is 1.25. The van der Waals surface area contributed by atoms with Gasteiger partial charge < -0.3 is 19.4 Å². The highest BCUT2D eigenvalue weighted by molar-refractivity contribution is 7.89. The Morgan fingerprint density at radius 2 is 1.48 bits per heavy atom. The lowest BCUT2D eigenvalue weighted by Crippen LogP contribution is -2.55. The fourth-order valence-electron chi connectivity index (χ4n) is 6.99. The Hall–Kier alpha value is -1.72. The van der Waals surface area contributed by atoms with Crippen LogP contribution in [-0.4, -0.2) is 130 Å². The van der Waals surface area contributed by atoms with Gasteiger partial charge in [-0.15, -0.1) is 0 Å². The Bertz CT molecular complexity index is 1090. The van der Waals surface area contributed by atoms with Gasteiger partial charge >= 0.3 is 0 Å². The fraction of sp³-hybridized carbons (Fsp3) is 0.767. The van der Waals surface area contributed by atoms with Gasteiger partial charge in [-0.2, -0.15) is 0 Å². The van der Waals surface area contributed by atoms with E-state index < -0.39 is 10.0 Å². The number of carbonyl (C=O) groups excluding carboxylic acids is 1. The van der Waals surface area contributed by atoms with Gasteiger partial charge in [0.2, 0.25) is 15.9 Å². The van der Waals surface area contributed by atoms with Gasteiger partial charge in [0.05, 0.1) is 12.0 Å². The van der Waals surface area contributed by atoms with Crippen molar-refractivity contribution in [1.82, 2.24) is 23.9 Å². The van der Waals surface area contributed by atoms with Crippen molar-refractivity contribution in [2.24, 2.45) is 0 Å². The number of aryl methyl sites for hydroxylation is 2. The molecule has 0 saturated carbocycles. The van der Waals surface area contributed by atoms with Crippen LogP contribution in [0, 0.1) is 13.8 Å². The number of benzene rings is 1. The quantitative estimate of drug-likeness (QED) is 0.447. The van der Waals surface area contributed by atoms with E-state index >= 15 is 0 Å². The molecular weight excluding hydrogens is 526 g/mol. The molecule has 1 unspecified atom stereocenters. The van der Waals surface area contributed by atoms with Crippen molar-refractivity contribution in [1.29, 1.82) is 0 Å². The number of sulfonamides is 1. The van der Waals surface area contributed by atoms with Gasteiger partial charge in [0.15, 0.2) is 0 Å². The summed E-state index contributed by atoms with van der Waals surface area (Å²) >= 11 is 0. The maximum absolute atomic E-state index is 13.4. The van der Waals surface area contributed by atoms with E-state index in [1.807, 2.05) is 4.90 Å². The van der Waals surface area contributed by atoms with Gasteiger partial charge in [0.25, 0.3) is 0 Å². The molecule has 3 fully saturated rings. The zero-order valence-electron chi connectivity index (χ0n) is 25.6. The summed E-state index contributed by atoms with van der Waals surface area (Å²) in [6, 6.07) is 5.29. The van der Waals surface area contributed by atoms with Gasteiger partial charge in [-0.25, -0.2) is 12.7 Å². The average Bonchev–Trinajstić information content (AvgIpc) is 2.95. The summed E-state index contributed by atoms with van der Waals surface area (Å²) < 4.78 is 33.3. The molecule has 4 rings (SSSR count). The number of rotatable bonds is 9. The number of nitrogens with zero attached hydrogens (tertiary/aromatic N) is 5. The molecular formula is C30H51N5O4S. The number of piperidine rings is 3. The first-order valence-electron chi connectivity index (χ1n) is 15.0. The van der Waals surface area contributed by atoms with Gasteiger partial charge in [-0.3, -0.25) is 9.69 Å². The smallest absolute Gasteiger partial charge is 0.243 e. The van der Waals surface area contributed by atoms with Crippen molar-refractivity contribution in [2.45, 2.75) is 81.8 Å². The summed E-state index contributed by atoms with van der Waals surface area (Å²) in [5.41, 5.74) is 1.30. The van der Waals surface area contributed by atoms with Gasteiger partial charge in [-0.1, -0.05) is 0 Å². The Morgan fingerprint density at radius 3 is 2.05 bits per heavy atom. The minimum absolute atomic E-state index is 0.0496. The van der Waals surface area contributed by atoms with Crippen LogP contribution in [0.25, 0.3) is 0 Å². The van der Waals surface area contributed by atoms with E-state index in [2.05, 4.69) is 28.8 Å². The van der Waals surface area contributed by atoms with Crippen molar-refractivity contribution in [3.63, 3.8) is 0 Å². The van der Waals surface area contributed by atoms with Crippen LogP contribution >= 0.6 is 0 Å². The van der Waals surface area contributed by atoms with E-state index in [-0.39, 0.29) is 18.9 Å². The Labute approximate surface area is 242 Å². The molecule has 0 aliphatic carbocycles. The fourth-order valence-corrected chi connectivity index (χ4v) is 8.56. The van der Waals surface area contributed by atoms with E-state index in [1.54, 1.807) is 40.1 Å². The van der Waals surface area contributed by atoms with E-state index in [1.165, 1.54) is 43.1 Å². The molecule has 9 nitrogen and oxygen atoms in total. The molecule has 1 aromatic rings. The second-order valence-corrected chi connectivity index (χ2v) is 14.3. The average molecular weight is 578 g/mol. The molecule has 40 heavy (non-hydrogen) atoms. The van der Waals surface area contributed by atoms with Crippen LogP contribution in [0.3, 0.4) is 0 Å². The van der Waals surface area contributed by atoms with Gasteiger partial charge in [0, 0.05) is 51.2 Å². The minimum Gasteiger partial charge on any atom is -0.497 e. The van der Waals surface area contributed by atoms with E-state index in [0.29, 0.717) is 33.9 Å². The highest BCUT2D eigenvalue weighted by atomic mass is 32.2. The highest BCUT2D eigenvalue weighted by Gasteiger charge is 2.34. The largest absolute Gasteiger partial charge is 0.497 e. The van der Waals surface area contributed by atoms with Crippen molar-refractivity contribution >= 4 is 15.9 Å². The van der Waals surface area contributed by atoms with E-state index in [9.17, 15) is 13.2 Å². The summed E-state index contributed by atoms with van der Waals surface area (Å²) in [7, 11) is 3.82. The zero-order chi connectivity index (χ0) is 29.0. The number of carbonyl (C=O) groups is 1. The van der Waals surface area contributed by atoms with Crippen LogP contribution in [0.15, 0.2) is 17.0 Å². The molecule has 226 valence electrons. The maximum atomic E-state index is 13.4. The van der Waals surface area contributed by atoms with Crippen molar-refractivity contribution in [2.75, 3.05) is 74.1 Å². The first kappa shape index (κ1) is 31.2. The first-order valence-corrected chi connectivity index (χ1v) is 16.5. The lowest BCUT2D eigenvalue weighted by molar-refractivity contribution is -0.133. The molecule has 1 amide bonds. The Morgan fingerprint density at radius 1 is 0.900 bits per heavy atom. The highest BCUT2D eigenvalue weighted by Crippen LogP contribution is 2.29. The second-order valence-electron chi connectivity index (χ2n) is 12.3. The van der Waals surface area contributed by atoms with Crippen molar-refractivity contribution in [3.8, 4) is 5.75 Å². The third kappa shape index (κ3) is 7.18.